The minimum absolute atomic E-state index is 0.0196. The average Bonchev–Trinajstić information content (AvgIpc) is 3.22. The predicted octanol–water partition coefficient (Wildman–Crippen LogP) is 5.11. The molecule has 1 unspecified atom stereocenters. The van der Waals surface area contributed by atoms with E-state index in [9.17, 15) is 4.79 Å². The zero-order valence-corrected chi connectivity index (χ0v) is 18.5. The normalized spacial score (nSPS) is 15.9. The highest BCUT2D eigenvalue weighted by Crippen LogP contribution is 2.33. The second-order valence-electron chi connectivity index (χ2n) is 8.37. The zero-order valence-electron chi connectivity index (χ0n) is 18.5. The first-order chi connectivity index (χ1) is 15.0. The smallest absolute Gasteiger partial charge is 0.257 e. The number of carbonyl (C=O) groups excluding carboxylic acids is 1. The molecule has 1 atom stereocenters. The Morgan fingerprint density at radius 1 is 0.968 bits per heavy atom. The summed E-state index contributed by atoms with van der Waals surface area (Å²) in [6, 6.07) is 26.8. The summed E-state index contributed by atoms with van der Waals surface area (Å²) in [6.45, 7) is 5.28. The number of carbonyl (C=O) groups is 1. The number of hydrogen-bond donors (Lipinski definition) is 0. The van der Waals surface area contributed by atoms with Crippen LogP contribution in [-0.4, -0.2) is 35.1 Å². The summed E-state index contributed by atoms with van der Waals surface area (Å²) in [5.74, 6) is 0.0196. The molecule has 0 aliphatic carbocycles. The van der Waals surface area contributed by atoms with Crippen molar-refractivity contribution in [2.24, 2.45) is 5.10 Å². The van der Waals surface area contributed by atoms with E-state index in [0.29, 0.717) is 6.54 Å². The Hall–Kier alpha value is -3.24. The highest BCUT2D eigenvalue weighted by molar-refractivity contribution is 6.03. The van der Waals surface area contributed by atoms with Crippen molar-refractivity contribution in [3.63, 3.8) is 0 Å². The molecule has 0 radical (unpaired) electrons. The van der Waals surface area contributed by atoms with Crippen LogP contribution in [0.4, 0.5) is 0 Å². The van der Waals surface area contributed by atoms with Crippen molar-refractivity contribution < 1.29 is 4.79 Å². The maximum Gasteiger partial charge on any atom is 0.257 e. The number of aryl methyl sites for hydroxylation is 2. The van der Waals surface area contributed by atoms with Gasteiger partial charge in [-0.2, -0.15) is 5.10 Å². The van der Waals surface area contributed by atoms with E-state index in [0.717, 1.165) is 29.8 Å². The lowest BCUT2D eigenvalue weighted by molar-refractivity contribution is -0.134. The van der Waals surface area contributed by atoms with E-state index < -0.39 is 0 Å². The number of benzene rings is 3. The largest absolute Gasteiger partial charge is 0.293 e. The molecule has 0 fully saturated rings. The van der Waals surface area contributed by atoms with Crippen LogP contribution in [0.15, 0.2) is 84.0 Å². The Bertz CT molecular complexity index is 1080. The van der Waals surface area contributed by atoms with Crippen molar-refractivity contribution in [1.29, 1.82) is 0 Å². The monoisotopic (exact) mass is 411 g/mol. The first-order valence-corrected chi connectivity index (χ1v) is 10.8. The predicted molar refractivity (Wildman–Crippen MR) is 126 cm³/mol. The van der Waals surface area contributed by atoms with Gasteiger partial charge in [0.05, 0.1) is 18.3 Å². The Morgan fingerprint density at radius 2 is 1.65 bits per heavy atom. The topological polar surface area (TPSA) is 35.9 Å². The third-order valence-corrected chi connectivity index (χ3v) is 5.89. The highest BCUT2D eigenvalue weighted by Gasteiger charge is 2.33. The molecule has 0 aromatic heterocycles. The molecule has 1 aliphatic rings. The van der Waals surface area contributed by atoms with Crippen LogP contribution in [0.1, 0.15) is 40.3 Å². The van der Waals surface area contributed by atoms with Gasteiger partial charge in [-0.3, -0.25) is 9.69 Å². The number of rotatable bonds is 6. The van der Waals surface area contributed by atoms with Crippen molar-refractivity contribution >= 4 is 11.6 Å². The van der Waals surface area contributed by atoms with E-state index in [1.807, 2.05) is 48.3 Å². The quantitative estimate of drug-likeness (QED) is 0.565. The summed E-state index contributed by atoms with van der Waals surface area (Å²) in [5, 5.41) is 6.52. The molecule has 4 nitrogen and oxygen atoms in total. The molecule has 31 heavy (non-hydrogen) atoms. The molecule has 3 aromatic rings. The summed E-state index contributed by atoms with van der Waals surface area (Å²) < 4.78 is 0. The minimum Gasteiger partial charge on any atom is -0.293 e. The molecule has 4 rings (SSSR count). The fraction of sp³-hybridized carbons (Fsp3) is 0.259. The van der Waals surface area contributed by atoms with Gasteiger partial charge in [-0.15, -0.1) is 0 Å². The van der Waals surface area contributed by atoms with Crippen LogP contribution in [0.5, 0.6) is 0 Å². The summed E-state index contributed by atoms with van der Waals surface area (Å²) in [6.07, 6.45) is 0.723. The molecule has 0 N–H and O–H groups in total. The molecule has 1 amide bonds. The van der Waals surface area contributed by atoms with E-state index in [1.54, 1.807) is 5.01 Å². The lowest BCUT2D eigenvalue weighted by Gasteiger charge is -2.24. The van der Waals surface area contributed by atoms with Crippen molar-refractivity contribution in [3.8, 4) is 0 Å². The molecule has 0 bridgehead atoms. The summed E-state index contributed by atoms with van der Waals surface area (Å²) in [4.78, 5) is 15.3. The molecule has 0 spiro atoms. The summed E-state index contributed by atoms with van der Waals surface area (Å²) in [5.41, 5.74) is 6.87. The molecule has 4 heteroatoms. The Balaban J connectivity index is 1.56. The fourth-order valence-electron chi connectivity index (χ4n) is 4.02. The number of hydrazone groups is 1. The molecule has 1 aliphatic heterocycles. The molecular weight excluding hydrogens is 382 g/mol. The van der Waals surface area contributed by atoms with E-state index in [1.165, 1.54) is 16.7 Å². The van der Waals surface area contributed by atoms with Gasteiger partial charge < -0.3 is 0 Å². The van der Waals surface area contributed by atoms with Gasteiger partial charge in [0.15, 0.2) is 0 Å². The summed E-state index contributed by atoms with van der Waals surface area (Å²) in [7, 11) is 1.98. The van der Waals surface area contributed by atoms with Gasteiger partial charge in [0, 0.05) is 13.0 Å². The van der Waals surface area contributed by atoms with Crippen LogP contribution >= 0.6 is 0 Å². The lowest BCUT2D eigenvalue weighted by atomic mass is 9.96. The van der Waals surface area contributed by atoms with E-state index in [4.69, 9.17) is 5.10 Å². The van der Waals surface area contributed by atoms with Gasteiger partial charge in [-0.05, 0) is 54.8 Å². The van der Waals surface area contributed by atoms with Gasteiger partial charge in [-0.1, -0.05) is 72.8 Å². The molecular formula is C27H29N3O. The third-order valence-electron chi connectivity index (χ3n) is 5.89. The van der Waals surface area contributed by atoms with Crippen molar-refractivity contribution in [1.82, 2.24) is 9.91 Å². The van der Waals surface area contributed by atoms with Crippen LogP contribution in [0, 0.1) is 13.8 Å². The Labute approximate surface area is 184 Å². The third kappa shape index (κ3) is 4.92. The number of hydrogen-bond acceptors (Lipinski definition) is 3. The minimum atomic E-state index is -0.0737. The maximum atomic E-state index is 13.3. The SMILES string of the molecule is Cc1ccc(C2=NN(C(=O)CN(C)Cc3ccccc3)C(c3ccccc3)C2)cc1C. The van der Waals surface area contributed by atoms with Gasteiger partial charge in [0.1, 0.15) is 0 Å². The van der Waals surface area contributed by atoms with Gasteiger partial charge >= 0.3 is 0 Å². The molecule has 158 valence electrons. The number of nitrogens with zero attached hydrogens (tertiary/aromatic N) is 3. The fourth-order valence-corrected chi connectivity index (χ4v) is 4.02. The summed E-state index contributed by atoms with van der Waals surface area (Å²) >= 11 is 0. The van der Waals surface area contributed by atoms with Gasteiger partial charge in [0.25, 0.3) is 5.91 Å². The van der Waals surface area contributed by atoms with Crippen molar-refractivity contribution in [2.75, 3.05) is 13.6 Å². The van der Waals surface area contributed by atoms with Crippen LogP contribution in [0.3, 0.4) is 0 Å². The Kier molecular flexibility index (Phi) is 6.28. The van der Waals surface area contributed by atoms with Gasteiger partial charge in [-0.25, -0.2) is 5.01 Å². The van der Waals surface area contributed by atoms with E-state index in [-0.39, 0.29) is 11.9 Å². The second-order valence-corrected chi connectivity index (χ2v) is 8.37. The van der Waals surface area contributed by atoms with Crippen LogP contribution in [0.25, 0.3) is 0 Å². The van der Waals surface area contributed by atoms with E-state index in [2.05, 4.69) is 56.3 Å². The Morgan fingerprint density at radius 3 is 2.32 bits per heavy atom. The first-order valence-electron chi connectivity index (χ1n) is 10.8. The molecule has 0 saturated carbocycles. The van der Waals surface area contributed by atoms with Crippen LogP contribution in [0.2, 0.25) is 0 Å². The molecule has 1 heterocycles. The maximum absolute atomic E-state index is 13.3. The number of likely N-dealkylation sites (N-methyl/N-ethyl adjacent to an activating group) is 1. The van der Waals surface area contributed by atoms with Gasteiger partial charge in [0.2, 0.25) is 0 Å². The molecule has 3 aromatic carbocycles. The average molecular weight is 412 g/mol. The van der Waals surface area contributed by atoms with Crippen molar-refractivity contribution in [3.05, 3.63) is 107 Å². The van der Waals surface area contributed by atoms with Crippen LogP contribution < -0.4 is 0 Å². The van der Waals surface area contributed by atoms with Crippen LogP contribution in [-0.2, 0) is 11.3 Å². The number of amides is 1. The lowest BCUT2D eigenvalue weighted by Crippen LogP contribution is -2.36. The molecule has 0 saturated heterocycles. The van der Waals surface area contributed by atoms with E-state index >= 15 is 0 Å². The van der Waals surface area contributed by atoms with Crippen molar-refractivity contribution in [2.45, 2.75) is 32.9 Å². The standard InChI is InChI=1S/C27H29N3O/c1-20-14-15-24(16-21(20)2)25-17-26(23-12-8-5-9-13-23)30(28-25)27(31)19-29(3)18-22-10-6-4-7-11-22/h4-16,26H,17-19H2,1-3H3. The first kappa shape index (κ1) is 21.0. The highest BCUT2D eigenvalue weighted by atomic mass is 16.2. The zero-order chi connectivity index (χ0) is 21.8. The second kappa shape index (κ2) is 9.27.